The fourth-order valence-electron chi connectivity index (χ4n) is 1.72. The summed E-state index contributed by atoms with van der Waals surface area (Å²) in [4.78, 5) is 17.9. The molecule has 0 fully saturated rings. The summed E-state index contributed by atoms with van der Waals surface area (Å²) in [6.07, 6.45) is 1.33. The molecule has 0 radical (unpaired) electrons. The van der Waals surface area contributed by atoms with Crippen LogP contribution >= 0.6 is 11.3 Å². The number of hydrogen-bond acceptors (Lipinski definition) is 5. The van der Waals surface area contributed by atoms with Crippen LogP contribution in [0.3, 0.4) is 0 Å². The van der Waals surface area contributed by atoms with Gasteiger partial charge in [0.2, 0.25) is 0 Å². The van der Waals surface area contributed by atoms with Crippen molar-refractivity contribution in [3.8, 4) is 0 Å². The van der Waals surface area contributed by atoms with E-state index >= 15 is 0 Å². The van der Waals surface area contributed by atoms with E-state index < -0.39 is 11.7 Å². The van der Waals surface area contributed by atoms with Gasteiger partial charge < -0.3 is 10.7 Å². The Bertz CT molecular complexity index is 622. The van der Waals surface area contributed by atoms with Gasteiger partial charge in [0.05, 0.1) is 12.1 Å². The molecule has 0 aliphatic carbocycles. The Morgan fingerprint density at radius 1 is 1.50 bits per heavy atom. The topological polar surface area (TPSA) is 80.0 Å². The predicted molar refractivity (Wildman–Crippen MR) is 77.0 cm³/mol. The molecule has 2 rings (SSSR count). The second-order valence-corrected chi connectivity index (χ2v) is 5.64. The summed E-state index contributed by atoms with van der Waals surface area (Å²) in [7, 11) is 0. The number of hydrazine groups is 1. The molecular weight excluding hydrogens is 279 g/mol. The lowest BCUT2D eigenvalue weighted by Crippen LogP contribution is -2.24. The van der Waals surface area contributed by atoms with Gasteiger partial charge in [0, 0.05) is 16.0 Å². The van der Waals surface area contributed by atoms with Crippen molar-refractivity contribution < 1.29 is 9.18 Å². The summed E-state index contributed by atoms with van der Waals surface area (Å²) in [6.45, 7) is 4.40. The molecule has 0 saturated heterocycles. The van der Waals surface area contributed by atoms with Gasteiger partial charge in [-0.3, -0.25) is 4.79 Å². The van der Waals surface area contributed by atoms with E-state index in [1.807, 2.05) is 19.9 Å². The van der Waals surface area contributed by atoms with E-state index in [9.17, 15) is 9.18 Å². The third-order valence-electron chi connectivity index (χ3n) is 2.91. The molecule has 0 atom stereocenters. The minimum Gasteiger partial charge on any atom is -0.347 e. The number of carbonyl (C=O) groups excluding carboxylic acids is 1. The Morgan fingerprint density at radius 3 is 2.85 bits per heavy atom. The third kappa shape index (κ3) is 2.94. The molecule has 0 unspecified atom stereocenters. The highest BCUT2D eigenvalue weighted by molar-refractivity contribution is 7.12. The Balaban J connectivity index is 2.09. The largest absolute Gasteiger partial charge is 0.347 e. The maximum absolute atomic E-state index is 13.9. The number of carbonyl (C=O) groups is 1. The Morgan fingerprint density at radius 2 is 2.25 bits per heavy atom. The summed E-state index contributed by atoms with van der Waals surface area (Å²) in [5, 5.41) is 2.68. The number of thiophene rings is 1. The SMILES string of the molecule is Cc1cc(CNC(=O)c2ccnc(NN)c2F)sc1C. The zero-order chi connectivity index (χ0) is 14.7. The van der Waals surface area contributed by atoms with Crippen molar-refractivity contribution in [1.29, 1.82) is 0 Å². The summed E-state index contributed by atoms with van der Waals surface area (Å²) in [5.41, 5.74) is 3.21. The van der Waals surface area contributed by atoms with Crippen LogP contribution in [-0.2, 0) is 6.54 Å². The van der Waals surface area contributed by atoms with Crippen molar-refractivity contribution >= 4 is 23.1 Å². The molecule has 1 amide bonds. The predicted octanol–water partition coefficient (Wildman–Crippen LogP) is 2.11. The van der Waals surface area contributed by atoms with Crippen molar-refractivity contribution in [3.05, 3.63) is 45.0 Å². The van der Waals surface area contributed by atoms with Gasteiger partial charge in [-0.1, -0.05) is 0 Å². The van der Waals surface area contributed by atoms with Crippen LogP contribution in [0, 0.1) is 19.7 Å². The van der Waals surface area contributed by atoms with Gasteiger partial charge in [-0.15, -0.1) is 11.3 Å². The van der Waals surface area contributed by atoms with Gasteiger partial charge >= 0.3 is 0 Å². The quantitative estimate of drug-likeness (QED) is 0.596. The van der Waals surface area contributed by atoms with Crippen LogP contribution in [0.5, 0.6) is 0 Å². The number of nitrogen functional groups attached to an aromatic ring is 1. The number of nitrogens with two attached hydrogens (primary N) is 1. The second-order valence-electron chi connectivity index (χ2n) is 4.30. The average Bonchev–Trinajstić information content (AvgIpc) is 2.75. The first-order valence-electron chi connectivity index (χ1n) is 5.98. The summed E-state index contributed by atoms with van der Waals surface area (Å²) in [5.74, 6) is 3.72. The van der Waals surface area contributed by atoms with Crippen molar-refractivity contribution in [2.45, 2.75) is 20.4 Å². The number of halogens is 1. The lowest BCUT2D eigenvalue weighted by Gasteiger charge is -2.07. The third-order valence-corrected chi connectivity index (χ3v) is 4.06. The van der Waals surface area contributed by atoms with E-state index in [4.69, 9.17) is 5.84 Å². The molecule has 0 bridgehead atoms. The Hall–Kier alpha value is -1.99. The highest BCUT2D eigenvalue weighted by Crippen LogP contribution is 2.20. The molecule has 2 aromatic heterocycles. The Labute approximate surface area is 120 Å². The maximum atomic E-state index is 13.9. The molecule has 0 aliphatic rings. The summed E-state index contributed by atoms with van der Waals surface area (Å²) in [6, 6.07) is 3.33. The fraction of sp³-hybridized carbons (Fsp3) is 0.231. The van der Waals surface area contributed by atoms with Crippen molar-refractivity contribution in [2.24, 2.45) is 5.84 Å². The minimum atomic E-state index is -0.758. The van der Waals surface area contributed by atoms with Crippen LogP contribution in [0.25, 0.3) is 0 Å². The summed E-state index contributed by atoms with van der Waals surface area (Å²) < 4.78 is 13.9. The number of anilines is 1. The highest BCUT2D eigenvalue weighted by Gasteiger charge is 2.15. The zero-order valence-corrected chi connectivity index (χ0v) is 12.0. The van der Waals surface area contributed by atoms with Crippen LogP contribution in [-0.4, -0.2) is 10.9 Å². The van der Waals surface area contributed by atoms with E-state index in [0.717, 1.165) is 4.88 Å². The number of rotatable bonds is 4. The first-order valence-corrected chi connectivity index (χ1v) is 6.79. The molecule has 0 aromatic carbocycles. The zero-order valence-electron chi connectivity index (χ0n) is 11.2. The molecular formula is C13H15FN4OS. The average molecular weight is 294 g/mol. The van der Waals surface area contributed by atoms with Gasteiger partial charge in [-0.05, 0) is 31.5 Å². The maximum Gasteiger partial charge on any atom is 0.254 e. The van der Waals surface area contributed by atoms with Crippen LogP contribution in [0.2, 0.25) is 0 Å². The van der Waals surface area contributed by atoms with Gasteiger partial charge in [0.1, 0.15) is 0 Å². The number of hydrogen-bond donors (Lipinski definition) is 3. The van der Waals surface area contributed by atoms with Crippen LogP contribution in [0.4, 0.5) is 10.2 Å². The molecule has 4 N–H and O–H groups in total. The van der Waals surface area contributed by atoms with Gasteiger partial charge in [-0.25, -0.2) is 15.2 Å². The molecule has 0 saturated carbocycles. The molecule has 20 heavy (non-hydrogen) atoms. The fourth-order valence-corrected chi connectivity index (χ4v) is 2.71. The normalized spacial score (nSPS) is 10.4. The lowest BCUT2D eigenvalue weighted by molar-refractivity contribution is 0.0947. The molecule has 7 heteroatoms. The van der Waals surface area contributed by atoms with E-state index in [1.54, 1.807) is 11.3 Å². The first kappa shape index (κ1) is 14.4. The Kier molecular flexibility index (Phi) is 4.31. The highest BCUT2D eigenvalue weighted by atomic mass is 32.1. The van der Waals surface area contributed by atoms with Gasteiger partial charge in [-0.2, -0.15) is 0 Å². The number of amides is 1. The molecule has 2 aromatic rings. The summed E-state index contributed by atoms with van der Waals surface area (Å²) >= 11 is 1.61. The number of nitrogens with one attached hydrogen (secondary N) is 2. The lowest BCUT2D eigenvalue weighted by atomic mass is 10.2. The number of nitrogens with zero attached hydrogens (tertiary/aromatic N) is 1. The monoisotopic (exact) mass is 294 g/mol. The van der Waals surface area contributed by atoms with Gasteiger partial charge in [0.25, 0.3) is 5.91 Å². The van der Waals surface area contributed by atoms with Gasteiger partial charge in [0.15, 0.2) is 11.6 Å². The van der Waals surface area contributed by atoms with E-state index in [0.29, 0.717) is 6.54 Å². The molecule has 2 heterocycles. The van der Waals surface area contributed by atoms with Crippen LogP contribution < -0.4 is 16.6 Å². The van der Waals surface area contributed by atoms with E-state index in [-0.39, 0.29) is 11.4 Å². The van der Waals surface area contributed by atoms with E-state index in [2.05, 4.69) is 15.7 Å². The molecule has 5 nitrogen and oxygen atoms in total. The standard InChI is InChI=1S/C13H15FN4OS/c1-7-5-9(20-8(7)2)6-17-13(19)10-3-4-16-12(18-15)11(10)14/h3-5H,6,15H2,1-2H3,(H,16,18)(H,17,19). The number of pyridine rings is 1. The van der Waals surface area contributed by atoms with Crippen LogP contribution in [0.1, 0.15) is 25.7 Å². The van der Waals surface area contributed by atoms with Crippen molar-refractivity contribution in [3.63, 3.8) is 0 Å². The number of aryl methyl sites for hydroxylation is 2. The van der Waals surface area contributed by atoms with Crippen molar-refractivity contribution in [1.82, 2.24) is 10.3 Å². The van der Waals surface area contributed by atoms with E-state index in [1.165, 1.54) is 22.7 Å². The van der Waals surface area contributed by atoms with Crippen molar-refractivity contribution in [2.75, 3.05) is 5.43 Å². The minimum absolute atomic E-state index is 0.0852. The van der Waals surface area contributed by atoms with Crippen LogP contribution in [0.15, 0.2) is 18.3 Å². The number of aromatic nitrogens is 1. The smallest absolute Gasteiger partial charge is 0.254 e. The molecule has 0 spiro atoms. The molecule has 0 aliphatic heterocycles. The second kappa shape index (κ2) is 5.98. The first-order chi connectivity index (χ1) is 9.52. The molecule has 106 valence electrons.